The second-order valence-corrected chi connectivity index (χ2v) is 4.05. The van der Waals surface area contributed by atoms with Gasteiger partial charge in [0.15, 0.2) is 5.82 Å². The van der Waals surface area contributed by atoms with E-state index in [0.29, 0.717) is 18.7 Å². The minimum absolute atomic E-state index is 0.00251. The van der Waals surface area contributed by atoms with Crippen LogP contribution in [0.5, 0.6) is 0 Å². The van der Waals surface area contributed by atoms with E-state index in [1.807, 2.05) is 0 Å². The normalized spacial score (nSPS) is 10.5. The zero-order valence-electron chi connectivity index (χ0n) is 10.9. The number of methoxy groups -OCH3 is 1. The standard InChI is InChI=1S/C13H14FN3O3/c1-19-6-5-15-12(18)8-11-16-13(20-17-11)9-3-2-4-10(14)7-9/h2-4,7H,5-6,8H2,1H3,(H,15,18). The lowest BCUT2D eigenvalue weighted by Gasteiger charge is -2.01. The van der Waals surface area contributed by atoms with Gasteiger partial charge in [-0.3, -0.25) is 4.79 Å². The molecule has 0 saturated carbocycles. The maximum Gasteiger partial charge on any atom is 0.258 e. The Hall–Kier alpha value is -2.28. The van der Waals surface area contributed by atoms with Gasteiger partial charge in [-0.2, -0.15) is 4.98 Å². The van der Waals surface area contributed by atoms with E-state index in [9.17, 15) is 9.18 Å². The van der Waals surface area contributed by atoms with Gasteiger partial charge >= 0.3 is 0 Å². The second-order valence-electron chi connectivity index (χ2n) is 4.05. The van der Waals surface area contributed by atoms with Gasteiger partial charge < -0.3 is 14.6 Å². The number of carbonyl (C=O) groups is 1. The number of ether oxygens (including phenoxy) is 1. The minimum Gasteiger partial charge on any atom is -0.383 e. The number of nitrogens with one attached hydrogen (secondary N) is 1. The molecule has 1 aromatic carbocycles. The van der Waals surface area contributed by atoms with Gasteiger partial charge in [-0.05, 0) is 18.2 Å². The average Bonchev–Trinajstić information content (AvgIpc) is 2.87. The van der Waals surface area contributed by atoms with Crippen LogP contribution in [0.2, 0.25) is 0 Å². The second kappa shape index (κ2) is 6.76. The lowest BCUT2D eigenvalue weighted by Crippen LogP contribution is -2.28. The molecule has 0 bridgehead atoms. The van der Waals surface area contributed by atoms with Gasteiger partial charge in [0.05, 0.1) is 13.0 Å². The Morgan fingerprint density at radius 3 is 3.10 bits per heavy atom. The molecule has 1 heterocycles. The molecular formula is C13H14FN3O3. The van der Waals surface area contributed by atoms with Crippen LogP contribution in [0.3, 0.4) is 0 Å². The summed E-state index contributed by atoms with van der Waals surface area (Å²) in [7, 11) is 1.55. The Morgan fingerprint density at radius 1 is 1.50 bits per heavy atom. The number of aromatic nitrogens is 2. The fourth-order valence-corrected chi connectivity index (χ4v) is 1.56. The molecule has 0 aliphatic rings. The van der Waals surface area contributed by atoms with E-state index in [-0.39, 0.29) is 29.9 Å². The number of halogens is 1. The number of hydrogen-bond donors (Lipinski definition) is 1. The quantitative estimate of drug-likeness (QED) is 0.803. The van der Waals surface area contributed by atoms with Crippen LogP contribution in [-0.4, -0.2) is 36.3 Å². The van der Waals surface area contributed by atoms with Crippen LogP contribution in [0.25, 0.3) is 11.5 Å². The predicted octanol–water partition coefficient (Wildman–Crippen LogP) is 1.18. The van der Waals surface area contributed by atoms with E-state index in [4.69, 9.17) is 9.26 Å². The van der Waals surface area contributed by atoms with Gasteiger partial charge in [-0.15, -0.1) is 0 Å². The summed E-state index contributed by atoms with van der Waals surface area (Å²) in [5.74, 6) is -0.184. The topological polar surface area (TPSA) is 77.2 Å². The Morgan fingerprint density at radius 2 is 2.35 bits per heavy atom. The average molecular weight is 279 g/mol. The first-order valence-electron chi connectivity index (χ1n) is 6.03. The summed E-state index contributed by atoms with van der Waals surface area (Å²) >= 11 is 0. The van der Waals surface area contributed by atoms with Gasteiger partial charge in [-0.1, -0.05) is 11.2 Å². The van der Waals surface area contributed by atoms with Crippen molar-refractivity contribution in [1.29, 1.82) is 0 Å². The van der Waals surface area contributed by atoms with Crippen molar-refractivity contribution in [3.63, 3.8) is 0 Å². The molecule has 0 saturated heterocycles. The van der Waals surface area contributed by atoms with Crippen molar-refractivity contribution in [2.24, 2.45) is 0 Å². The first-order valence-corrected chi connectivity index (χ1v) is 6.03. The Bertz CT molecular complexity index is 586. The molecule has 0 atom stereocenters. The van der Waals surface area contributed by atoms with Gasteiger partial charge in [0.2, 0.25) is 5.91 Å². The highest BCUT2D eigenvalue weighted by Gasteiger charge is 2.12. The van der Waals surface area contributed by atoms with Crippen molar-refractivity contribution in [2.45, 2.75) is 6.42 Å². The molecule has 20 heavy (non-hydrogen) atoms. The zero-order valence-corrected chi connectivity index (χ0v) is 10.9. The Balaban J connectivity index is 1.97. The summed E-state index contributed by atoms with van der Waals surface area (Å²) in [6.45, 7) is 0.858. The summed E-state index contributed by atoms with van der Waals surface area (Å²) in [4.78, 5) is 15.6. The third-order valence-electron chi connectivity index (χ3n) is 2.49. The van der Waals surface area contributed by atoms with Crippen molar-refractivity contribution in [2.75, 3.05) is 20.3 Å². The number of nitrogens with zero attached hydrogens (tertiary/aromatic N) is 2. The third-order valence-corrected chi connectivity index (χ3v) is 2.49. The van der Waals surface area contributed by atoms with Crippen LogP contribution in [-0.2, 0) is 16.0 Å². The van der Waals surface area contributed by atoms with Crippen LogP contribution >= 0.6 is 0 Å². The van der Waals surface area contributed by atoms with E-state index < -0.39 is 0 Å². The lowest BCUT2D eigenvalue weighted by atomic mass is 10.2. The van der Waals surface area contributed by atoms with E-state index in [1.54, 1.807) is 19.2 Å². The van der Waals surface area contributed by atoms with E-state index in [1.165, 1.54) is 12.1 Å². The molecule has 0 aliphatic carbocycles. The van der Waals surface area contributed by atoms with Crippen molar-refractivity contribution in [1.82, 2.24) is 15.5 Å². The molecule has 0 unspecified atom stereocenters. The molecule has 106 valence electrons. The van der Waals surface area contributed by atoms with Gasteiger partial charge in [0.1, 0.15) is 5.82 Å². The van der Waals surface area contributed by atoms with E-state index in [2.05, 4.69) is 15.5 Å². The van der Waals surface area contributed by atoms with Crippen LogP contribution in [0.1, 0.15) is 5.82 Å². The molecule has 0 spiro atoms. The molecular weight excluding hydrogens is 265 g/mol. The van der Waals surface area contributed by atoms with Crippen LogP contribution in [0, 0.1) is 5.82 Å². The molecule has 0 fully saturated rings. The molecule has 1 amide bonds. The highest BCUT2D eigenvalue weighted by atomic mass is 19.1. The summed E-state index contributed by atoms with van der Waals surface area (Å²) in [6.07, 6.45) is 0.00251. The summed E-state index contributed by atoms with van der Waals surface area (Å²) in [6, 6.07) is 5.81. The molecule has 0 aliphatic heterocycles. The van der Waals surface area contributed by atoms with Crippen LogP contribution in [0.4, 0.5) is 4.39 Å². The molecule has 1 aromatic heterocycles. The number of rotatable bonds is 6. The molecule has 6 nitrogen and oxygen atoms in total. The summed E-state index contributed by atoms with van der Waals surface area (Å²) in [5, 5.41) is 6.33. The van der Waals surface area contributed by atoms with E-state index >= 15 is 0 Å². The van der Waals surface area contributed by atoms with Gasteiger partial charge in [0, 0.05) is 19.2 Å². The van der Waals surface area contributed by atoms with Crippen molar-refractivity contribution >= 4 is 5.91 Å². The fraction of sp³-hybridized carbons (Fsp3) is 0.308. The fourth-order valence-electron chi connectivity index (χ4n) is 1.56. The lowest BCUT2D eigenvalue weighted by molar-refractivity contribution is -0.120. The predicted molar refractivity (Wildman–Crippen MR) is 68.3 cm³/mol. The largest absolute Gasteiger partial charge is 0.383 e. The maximum absolute atomic E-state index is 13.1. The highest BCUT2D eigenvalue weighted by molar-refractivity contribution is 5.77. The third kappa shape index (κ3) is 3.86. The monoisotopic (exact) mass is 279 g/mol. The summed E-state index contributed by atoms with van der Waals surface area (Å²) < 4.78 is 22.9. The first kappa shape index (κ1) is 14.1. The Labute approximate surface area is 114 Å². The first-order chi connectivity index (χ1) is 9.69. The van der Waals surface area contributed by atoms with Crippen molar-refractivity contribution in [3.8, 4) is 11.5 Å². The summed E-state index contributed by atoms with van der Waals surface area (Å²) in [5.41, 5.74) is 0.476. The van der Waals surface area contributed by atoms with E-state index in [0.717, 1.165) is 0 Å². The number of hydrogen-bond acceptors (Lipinski definition) is 5. The SMILES string of the molecule is COCCNC(=O)Cc1noc(-c2cccc(F)c2)n1. The maximum atomic E-state index is 13.1. The van der Waals surface area contributed by atoms with Gasteiger partial charge in [-0.25, -0.2) is 4.39 Å². The van der Waals surface area contributed by atoms with Crippen molar-refractivity contribution < 1.29 is 18.4 Å². The van der Waals surface area contributed by atoms with Crippen LogP contribution in [0.15, 0.2) is 28.8 Å². The number of carbonyl (C=O) groups excluding carboxylic acids is 1. The molecule has 7 heteroatoms. The van der Waals surface area contributed by atoms with Gasteiger partial charge in [0.25, 0.3) is 5.89 Å². The Kier molecular flexibility index (Phi) is 4.78. The number of amides is 1. The highest BCUT2D eigenvalue weighted by Crippen LogP contribution is 2.17. The molecule has 1 N–H and O–H groups in total. The zero-order chi connectivity index (χ0) is 14.4. The smallest absolute Gasteiger partial charge is 0.258 e. The van der Waals surface area contributed by atoms with Crippen LogP contribution < -0.4 is 5.32 Å². The molecule has 0 radical (unpaired) electrons. The molecule has 2 aromatic rings. The molecule has 2 rings (SSSR count). The van der Waals surface area contributed by atoms with Crippen molar-refractivity contribution in [3.05, 3.63) is 35.9 Å². The number of benzene rings is 1. The minimum atomic E-state index is -0.389.